The summed E-state index contributed by atoms with van der Waals surface area (Å²) in [6.07, 6.45) is 1.34. The smallest absolute Gasteiger partial charge is 0.409 e. The average molecular weight is 353 g/mol. The van der Waals surface area contributed by atoms with Crippen molar-refractivity contribution in [2.75, 3.05) is 32.8 Å². The molecule has 26 heavy (non-hydrogen) atoms. The number of hydrogen-bond donors (Lipinski definition) is 1. The molecular weight excluding hydrogens is 330 g/mol. The van der Waals surface area contributed by atoms with Crippen LogP contribution in [0.25, 0.3) is 10.8 Å². The molecule has 0 unspecified atom stereocenters. The lowest BCUT2D eigenvalue weighted by atomic mass is 9.98. The predicted molar refractivity (Wildman–Crippen MR) is 101 cm³/mol. The Morgan fingerprint density at radius 1 is 1.04 bits per heavy atom. The molecule has 2 aromatic carbocycles. The number of fused-ring (bicyclic) bond motifs is 1. The number of ether oxygens (including phenoxy) is 1. The molecule has 0 aromatic heterocycles. The minimum atomic E-state index is -0.312. The quantitative estimate of drug-likeness (QED) is 0.859. The third kappa shape index (κ3) is 3.69. The molecule has 0 saturated carbocycles. The van der Waals surface area contributed by atoms with E-state index in [2.05, 4.69) is 0 Å². The minimum Gasteiger partial charge on any atom is -0.450 e. The molecule has 6 heteroatoms. The number of rotatable bonds is 4. The second-order valence-corrected chi connectivity index (χ2v) is 6.25. The molecule has 0 bridgehead atoms. The van der Waals surface area contributed by atoms with Crippen LogP contribution in [0.3, 0.4) is 0 Å². The van der Waals surface area contributed by atoms with E-state index in [9.17, 15) is 9.59 Å². The van der Waals surface area contributed by atoms with E-state index in [4.69, 9.17) is 10.1 Å². The van der Waals surface area contributed by atoms with Gasteiger partial charge in [0.25, 0.3) is 0 Å². The summed E-state index contributed by atoms with van der Waals surface area (Å²) in [5.74, 6) is 0.0567. The molecule has 1 aliphatic rings. The first-order valence-electron chi connectivity index (χ1n) is 8.84. The zero-order valence-electron chi connectivity index (χ0n) is 14.9. The van der Waals surface area contributed by atoms with Gasteiger partial charge in [0.1, 0.15) is 0 Å². The van der Waals surface area contributed by atoms with Crippen LogP contribution in [0, 0.1) is 5.41 Å². The van der Waals surface area contributed by atoms with Gasteiger partial charge in [-0.25, -0.2) is 4.79 Å². The van der Waals surface area contributed by atoms with Crippen molar-refractivity contribution in [3.63, 3.8) is 0 Å². The zero-order chi connectivity index (χ0) is 18.5. The van der Waals surface area contributed by atoms with Crippen molar-refractivity contribution in [1.29, 1.82) is 5.41 Å². The fraction of sp³-hybridized carbons (Fsp3) is 0.350. The minimum absolute atomic E-state index is 0.0567. The zero-order valence-corrected chi connectivity index (χ0v) is 14.9. The van der Waals surface area contributed by atoms with Crippen molar-refractivity contribution >= 4 is 29.0 Å². The maximum atomic E-state index is 12.7. The Hall–Kier alpha value is -2.89. The lowest BCUT2D eigenvalue weighted by Gasteiger charge is -2.34. The normalized spacial score (nSPS) is 14.3. The molecule has 1 N–H and O–H groups in total. The maximum absolute atomic E-state index is 12.7. The number of nitrogens with zero attached hydrogens (tertiary/aromatic N) is 2. The topological polar surface area (TPSA) is 73.7 Å². The van der Waals surface area contributed by atoms with Gasteiger partial charge < -0.3 is 19.9 Å². The maximum Gasteiger partial charge on any atom is 0.409 e. The Bertz CT molecular complexity index is 826. The van der Waals surface area contributed by atoms with Gasteiger partial charge in [0.2, 0.25) is 5.91 Å². The predicted octanol–water partition coefficient (Wildman–Crippen LogP) is 2.68. The summed E-state index contributed by atoms with van der Waals surface area (Å²) in [5, 5.41) is 9.53. The van der Waals surface area contributed by atoms with Gasteiger partial charge in [-0.3, -0.25) is 4.79 Å². The van der Waals surface area contributed by atoms with Crippen LogP contribution >= 0.6 is 0 Å². The first-order valence-corrected chi connectivity index (χ1v) is 8.84. The number of nitrogens with one attached hydrogen (secondary N) is 1. The summed E-state index contributed by atoms with van der Waals surface area (Å²) in [5.41, 5.74) is 1.81. The highest BCUT2D eigenvalue weighted by atomic mass is 16.6. The third-order valence-electron chi connectivity index (χ3n) is 4.70. The van der Waals surface area contributed by atoms with Gasteiger partial charge in [-0.05, 0) is 28.8 Å². The van der Waals surface area contributed by atoms with Crippen LogP contribution in [0.2, 0.25) is 0 Å². The van der Waals surface area contributed by atoms with E-state index in [0.717, 1.165) is 21.9 Å². The molecular formula is C20H23N3O3. The summed E-state index contributed by atoms with van der Waals surface area (Å²) >= 11 is 0. The van der Waals surface area contributed by atoms with E-state index in [0.29, 0.717) is 39.2 Å². The number of carbonyl (C=O) groups is 2. The SMILES string of the molecule is CCOC(=O)N1CCN(C(=O)Cc2ccc(C=N)c3ccccc23)CC1. The Morgan fingerprint density at radius 3 is 2.35 bits per heavy atom. The Balaban J connectivity index is 1.69. The van der Waals surface area contributed by atoms with Crippen LogP contribution in [0.5, 0.6) is 0 Å². The molecule has 1 heterocycles. The summed E-state index contributed by atoms with van der Waals surface area (Å²) in [6.45, 7) is 4.18. The Kier molecular flexibility index (Phi) is 5.51. The van der Waals surface area contributed by atoms with E-state index >= 15 is 0 Å². The number of amides is 2. The van der Waals surface area contributed by atoms with Crippen LogP contribution in [-0.2, 0) is 16.0 Å². The number of carbonyl (C=O) groups excluding carboxylic acids is 2. The largest absolute Gasteiger partial charge is 0.450 e. The molecule has 0 spiro atoms. The number of benzene rings is 2. The first-order chi connectivity index (χ1) is 12.6. The van der Waals surface area contributed by atoms with Gasteiger partial charge in [0.05, 0.1) is 13.0 Å². The van der Waals surface area contributed by atoms with Gasteiger partial charge in [0.15, 0.2) is 0 Å². The summed E-state index contributed by atoms with van der Waals surface area (Å²) in [7, 11) is 0. The summed E-state index contributed by atoms with van der Waals surface area (Å²) < 4.78 is 5.01. The van der Waals surface area contributed by atoms with Crippen LogP contribution < -0.4 is 0 Å². The van der Waals surface area contributed by atoms with Crippen molar-refractivity contribution in [1.82, 2.24) is 9.80 Å². The van der Waals surface area contributed by atoms with Crippen LogP contribution in [0.15, 0.2) is 36.4 Å². The highest BCUT2D eigenvalue weighted by molar-refractivity contribution is 6.01. The molecule has 0 radical (unpaired) electrons. The van der Waals surface area contributed by atoms with Gasteiger partial charge in [-0.2, -0.15) is 0 Å². The molecule has 0 aliphatic carbocycles. The van der Waals surface area contributed by atoms with Crippen LogP contribution in [0.4, 0.5) is 4.79 Å². The van der Waals surface area contributed by atoms with E-state index in [1.54, 1.807) is 16.7 Å². The standard InChI is InChI=1S/C20H23N3O3/c1-2-26-20(25)23-11-9-22(10-12-23)19(24)13-15-7-8-16(14-21)18-6-4-3-5-17(15)18/h3-8,14,21H,2,9-13H2,1H3. The molecule has 2 aromatic rings. The highest BCUT2D eigenvalue weighted by Gasteiger charge is 2.25. The van der Waals surface area contributed by atoms with Crippen LogP contribution in [0.1, 0.15) is 18.1 Å². The molecule has 1 saturated heterocycles. The van der Waals surface area contributed by atoms with Crippen molar-refractivity contribution in [3.8, 4) is 0 Å². The molecule has 2 amide bonds. The first kappa shape index (κ1) is 17.9. The Morgan fingerprint density at radius 2 is 1.69 bits per heavy atom. The fourth-order valence-electron chi connectivity index (χ4n) is 3.29. The Labute approximate surface area is 152 Å². The molecule has 1 fully saturated rings. The van der Waals surface area contributed by atoms with Gasteiger partial charge in [0, 0.05) is 32.4 Å². The van der Waals surface area contributed by atoms with Crippen molar-refractivity contribution in [2.45, 2.75) is 13.3 Å². The third-order valence-corrected chi connectivity index (χ3v) is 4.70. The van der Waals surface area contributed by atoms with E-state index in [-0.39, 0.29) is 12.0 Å². The van der Waals surface area contributed by atoms with Crippen molar-refractivity contribution in [2.24, 2.45) is 0 Å². The lowest BCUT2D eigenvalue weighted by Crippen LogP contribution is -2.51. The van der Waals surface area contributed by atoms with Crippen molar-refractivity contribution < 1.29 is 14.3 Å². The second-order valence-electron chi connectivity index (χ2n) is 6.25. The molecule has 6 nitrogen and oxygen atoms in total. The number of piperazine rings is 1. The monoisotopic (exact) mass is 353 g/mol. The van der Waals surface area contributed by atoms with Crippen molar-refractivity contribution in [3.05, 3.63) is 47.5 Å². The molecule has 0 atom stereocenters. The fourth-order valence-corrected chi connectivity index (χ4v) is 3.29. The van der Waals surface area contributed by atoms with Gasteiger partial charge in [-0.15, -0.1) is 0 Å². The van der Waals surface area contributed by atoms with E-state index < -0.39 is 0 Å². The molecule has 136 valence electrons. The van der Waals surface area contributed by atoms with Gasteiger partial charge in [-0.1, -0.05) is 36.4 Å². The van der Waals surface area contributed by atoms with E-state index in [1.807, 2.05) is 36.4 Å². The molecule has 3 rings (SSSR count). The van der Waals surface area contributed by atoms with Gasteiger partial charge >= 0.3 is 6.09 Å². The lowest BCUT2D eigenvalue weighted by molar-refractivity contribution is -0.132. The second kappa shape index (κ2) is 7.99. The molecule has 1 aliphatic heterocycles. The highest BCUT2D eigenvalue weighted by Crippen LogP contribution is 2.23. The number of hydrogen-bond acceptors (Lipinski definition) is 4. The summed E-state index contributed by atoms with van der Waals surface area (Å²) in [4.78, 5) is 27.9. The average Bonchev–Trinajstić information content (AvgIpc) is 2.68. The van der Waals surface area contributed by atoms with Crippen LogP contribution in [-0.4, -0.2) is 60.8 Å². The summed E-state index contributed by atoms with van der Waals surface area (Å²) in [6, 6.07) is 11.7. The van der Waals surface area contributed by atoms with E-state index in [1.165, 1.54) is 6.21 Å².